The van der Waals surface area contributed by atoms with Crippen LogP contribution in [0.5, 0.6) is 0 Å². The number of esters is 1. The molecule has 1 aliphatic carbocycles. The fourth-order valence-corrected chi connectivity index (χ4v) is 2.61. The Labute approximate surface area is 151 Å². The molecule has 0 aromatic rings. The smallest absolute Gasteiger partial charge is 0.311 e. The average Bonchev–Trinajstić information content (AvgIpc) is 2.89. The van der Waals surface area contributed by atoms with Crippen LogP contribution in [0.1, 0.15) is 47.5 Å². The maximum absolute atomic E-state index is 12.2. The van der Waals surface area contributed by atoms with Gasteiger partial charge in [0.1, 0.15) is 5.60 Å². The summed E-state index contributed by atoms with van der Waals surface area (Å²) in [4.78, 5) is 18.9. The number of aliphatic imine (C=N–C) groups is 1. The van der Waals surface area contributed by atoms with E-state index in [1.54, 1.807) is 0 Å². The minimum atomic E-state index is -0.410. The number of nitrogens with one attached hydrogen (secondary N) is 1. The van der Waals surface area contributed by atoms with Gasteiger partial charge in [-0.25, -0.2) is 0 Å². The lowest BCUT2D eigenvalue weighted by Gasteiger charge is -2.24. The molecule has 3 atom stereocenters. The van der Waals surface area contributed by atoms with Gasteiger partial charge in [-0.1, -0.05) is 6.92 Å². The molecule has 2 aliphatic rings. The summed E-state index contributed by atoms with van der Waals surface area (Å²) in [5, 5.41) is 3.52. The molecule has 2 fully saturated rings. The monoisotopic (exact) mass is 423 g/mol. The molecule has 0 bridgehead atoms. The molecule has 3 unspecified atom stereocenters. The van der Waals surface area contributed by atoms with Crippen LogP contribution in [0.3, 0.4) is 0 Å². The van der Waals surface area contributed by atoms with Crippen LogP contribution in [0.25, 0.3) is 0 Å². The largest absolute Gasteiger partial charge is 0.460 e. The minimum absolute atomic E-state index is 0. The topological polar surface area (TPSA) is 53.9 Å². The number of carbonyl (C=O) groups is 1. The molecule has 6 heteroatoms. The summed E-state index contributed by atoms with van der Waals surface area (Å²) in [6.45, 7) is 12.4. The van der Waals surface area contributed by atoms with Gasteiger partial charge >= 0.3 is 5.97 Å². The highest BCUT2D eigenvalue weighted by molar-refractivity contribution is 14.0. The highest BCUT2D eigenvalue weighted by Crippen LogP contribution is 2.29. The van der Waals surface area contributed by atoms with E-state index in [0.29, 0.717) is 12.6 Å². The standard InChI is InChI=1S/C16H29N3O2.HI/c1-6-17-15(18-13-9-11(13)2)19-8-7-12(10-19)14(20)21-16(3,4)5;/h11-13H,6-10H2,1-5H3,(H,17,18);1H. The van der Waals surface area contributed by atoms with Gasteiger partial charge in [0, 0.05) is 25.7 Å². The second-order valence-electron chi connectivity index (χ2n) is 7.23. The van der Waals surface area contributed by atoms with Crippen molar-refractivity contribution in [2.24, 2.45) is 16.8 Å². The first kappa shape index (κ1) is 19.5. The second kappa shape index (κ2) is 7.84. The quantitative estimate of drug-likeness (QED) is 0.328. The van der Waals surface area contributed by atoms with Crippen molar-refractivity contribution in [1.82, 2.24) is 10.2 Å². The van der Waals surface area contributed by atoms with Crippen molar-refractivity contribution in [3.8, 4) is 0 Å². The summed E-state index contributed by atoms with van der Waals surface area (Å²) in [6.07, 6.45) is 2.06. The normalized spacial score (nSPS) is 28.1. The number of rotatable bonds is 3. The van der Waals surface area contributed by atoms with E-state index in [2.05, 4.69) is 22.1 Å². The lowest BCUT2D eigenvalue weighted by molar-refractivity contribution is -0.159. The third kappa shape index (κ3) is 5.59. The molecule has 22 heavy (non-hydrogen) atoms. The number of likely N-dealkylation sites (tertiary alicyclic amines) is 1. The van der Waals surface area contributed by atoms with Crippen LogP contribution >= 0.6 is 24.0 Å². The first-order valence-corrected chi connectivity index (χ1v) is 8.09. The van der Waals surface area contributed by atoms with Crippen LogP contribution in [0.15, 0.2) is 4.99 Å². The molecule has 0 aromatic heterocycles. The van der Waals surface area contributed by atoms with Crippen LogP contribution in [0.2, 0.25) is 0 Å². The third-order valence-corrected chi connectivity index (χ3v) is 3.96. The van der Waals surface area contributed by atoms with Gasteiger partial charge in [0.25, 0.3) is 0 Å². The van der Waals surface area contributed by atoms with Gasteiger partial charge in [-0.3, -0.25) is 9.79 Å². The van der Waals surface area contributed by atoms with Crippen molar-refractivity contribution in [2.45, 2.75) is 59.1 Å². The van der Waals surface area contributed by atoms with Gasteiger partial charge in [-0.15, -0.1) is 24.0 Å². The van der Waals surface area contributed by atoms with Gasteiger partial charge < -0.3 is 15.0 Å². The molecule has 128 valence electrons. The van der Waals surface area contributed by atoms with E-state index in [9.17, 15) is 4.79 Å². The summed E-state index contributed by atoms with van der Waals surface area (Å²) in [7, 11) is 0. The zero-order valence-corrected chi connectivity index (χ0v) is 16.7. The van der Waals surface area contributed by atoms with Crippen molar-refractivity contribution in [1.29, 1.82) is 0 Å². The van der Waals surface area contributed by atoms with E-state index >= 15 is 0 Å². The van der Waals surface area contributed by atoms with Gasteiger partial charge in [0.05, 0.1) is 5.92 Å². The molecule has 5 nitrogen and oxygen atoms in total. The molecule has 0 spiro atoms. The number of nitrogens with zero attached hydrogens (tertiary/aromatic N) is 2. The minimum Gasteiger partial charge on any atom is -0.460 e. The Morgan fingerprint density at radius 3 is 2.55 bits per heavy atom. The number of ether oxygens (including phenoxy) is 1. The Morgan fingerprint density at radius 1 is 1.41 bits per heavy atom. The maximum atomic E-state index is 12.2. The number of hydrogen-bond acceptors (Lipinski definition) is 3. The molecule has 1 aliphatic heterocycles. The van der Waals surface area contributed by atoms with Gasteiger partial charge in [-0.2, -0.15) is 0 Å². The average molecular weight is 423 g/mol. The lowest BCUT2D eigenvalue weighted by Crippen LogP contribution is -2.42. The summed E-state index contributed by atoms with van der Waals surface area (Å²) < 4.78 is 5.49. The maximum Gasteiger partial charge on any atom is 0.311 e. The zero-order valence-electron chi connectivity index (χ0n) is 14.4. The number of hydrogen-bond donors (Lipinski definition) is 1. The predicted molar refractivity (Wildman–Crippen MR) is 99.6 cm³/mol. The fourth-order valence-electron chi connectivity index (χ4n) is 2.61. The zero-order chi connectivity index (χ0) is 15.6. The molecular formula is C16H30IN3O2. The Bertz CT molecular complexity index is 420. The van der Waals surface area contributed by atoms with Crippen LogP contribution in [-0.4, -0.2) is 48.1 Å². The third-order valence-electron chi connectivity index (χ3n) is 3.96. The van der Waals surface area contributed by atoms with Crippen molar-refractivity contribution in [2.75, 3.05) is 19.6 Å². The molecule has 0 aromatic carbocycles. The molecule has 0 amide bonds. The Balaban J connectivity index is 0.00000242. The van der Waals surface area contributed by atoms with Crippen molar-refractivity contribution < 1.29 is 9.53 Å². The first-order valence-electron chi connectivity index (χ1n) is 8.09. The van der Waals surface area contributed by atoms with E-state index in [4.69, 9.17) is 4.74 Å². The van der Waals surface area contributed by atoms with Crippen LogP contribution in [0.4, 0.5) is 0 Å². The Kier molecular flexibility index (Phi) is 6.95. The van der Waals surface area contributed by atoms with Crippen molar-refractivity contribution >= 4 is 35.9 Å². The summed E-state index contributed by atoms with van der Waals surface area (Å²) >= 11 is 0. The highest BCUT2D eigenvalue weighted by Gasteiger charge is 2.37. The Morgan fingerprint density at radius 2 is 2.05 bits per heavy atom. The molecular weight excluding hydrogens is 393 g/mol. The van der Waals surface area contributed by atoms with E-state index in [1.807, 2.05) is 27.7 Å². The summed E-state index contributed by atoms with van der Waals surface area (Å²) in [5.74, 6) is 1.57. The molecule has 2 rings (SSSR count). The fraction of sp³-hybridized carbons (Fsp3) is 0.875. The second-order valence-corrected chi connectivity index (χ2v) is 7.23. The van der Waals surface area contributed by atoms with Crippen molar-refractivity contribution in [3.05, 3.63) is 0 Å². The number of carbonyl (C=O) groups excluding carboxylic acids is 1. The van der Waals surface area contributed by atoms with Crippen molar-refractivity contribution in [3.63, 3.8) is 0 Å². The van der Waals surface area contributed by atoms with Gasteiger partial charge in [0.15, 0.2) is 5.96 Å². The van der Waals surface area contributed by atoms with E-state index < -0.39 is 5.60 Å². The molecule has 1 N–H and O–H groups in total. The molecule has 1 saturated carbocycles. The summed E-state index contributed by atoms with van der Waals surface area (Å²) in [5.41, 5.74) is -0.410. The van der Waals surface area contributed by atoms with Gasteiger partial charge in [-0.05, 0) is 46.5 Å². The Hall–Kier alpha value is -0.530. The number of halogens is 1. The van der Waals surface area contributed by atoms with Gasteiger partial charge in [0.2, 0.25) is 0 Å². The number of guanidine groups is 1. The highest BCUT2D eigenvalue weighted by atomic mass is 127. The molecule has 1 saturated heterocycles. The SMILES string of the molecule is CCN=C(NC1CC1C)N1CCC(C(=O)OC(C)(C)C)C1.I. The predicted octanol–water partition coefficient (Wildman–Crippen LogP) is 2.64. The van der Waals surface area contributed by atoms with Crippen LogP contribution < -0.4 is 5.32 Å². The van der Waals surface area contributed by atoms with E-state index in [1.165, 1.54) is 6.42 Å². The summed E-state index contributed by atoms with van der Waals surface area (Å²) in [6, 6.07) is 0.552. The van der Waals surface area contributed by atoms with E-state index in [0.717, 1.165) is 31.4 Å². The van der Waals surface area contributed by atoms with Crippen LogP contribution in [-0.2, 0) is 9.53 Å². The lowest BCUT2D eigenvalue weighted by atomic mass is 10.1. The van der Waals surface area contributed by atoms with Crippen LogP contribution in [0, 0.1) is 11.8 Å². The molecule has 0 radical (unpaired) electrons. The molecule has 1 heterocycles. The van der Waals surface area contributed by atoms with E-state index in [-0.39, 0.29) is 35.9 Å². The first-order chi connectivity index (χ1) is 9.80.